The van der Waals surface area contributed by atoms with Crippen LogP contribution in [0.5, 0.6) is 0 Å². The van der Waals surface area contributed by atoms with Crippen molar-refractivity contribution < 1.29 is 0 Å². The molecule has 0 aliphatic carbocycles. The van der Waals surface area contributed by atoms with Crippen LogP contribution in [0, 0.1) is 0 Å². The summed E-state index contributed by atoms with van der Waals surface area (Å²) in [6.45, 7) is 8.15. The Hall–Kier alpha value is -0.0800. The summed E-state index contributed by atoms with van der Waals surface area (Å²) in [5.74, 6) is 0. The molecule has 1 fully saturated rings. The van der Waals surface area contributed by atoms with Crippen LogP contribution in [-0.2, 0) is 0 Å². The van der Waals surface area contributed by atoms with Crippen molar-refractivity contribution in [3.63, 3.8) is 0 Å². The van der Waals surface area contributed by atoms with E-state index in [-0.39, 0.29) is 0 Å². The second kappa shape index (κ2) is 3.35. The summed E-state index contributed by atoms with van der Waals surface area (Å²) in [6.07, 6.45) is 1.32. The minimum Gasteiger partial charge on any atom is -0.293 e. The number of hydrogen-bond donors (Lipinski definition) is 0. The van der Waals surface area contributed by atoms with Gasteiger partial charge in [0, 0.05) is 12.6 Å². The predicted molar refractivity (Wildman–Crippen MR) is 44.0 cm³/mol. The molecule has 2 heteroatoms. The minimum atomic E-state index is 0.793. The molecule has 60 valence electrons. The molecule has 1 aliphatic rings. The van der Waals surface area contributed by atoms with Crippen molar-refractivity contribution in [3.8, 4) is 0 Å². The van der Waals surface area contributed by atoms with Crippen LogP contribution in [0.4, 0.5) is 0 Å². The largest absolute Gasteiger partial charge is 0.293 e. The highest BCUT2D eigenvalue weighted by atomic mass is 15.3. The van der Waals surface area contributed by atoms with Gasteiger partial charge < -0.3 is 0 Å². The molecule has 1 aliphatic heterocycles. The van der Waals surface area contributed by atoms with Crippen LogP contribution in [-0.4, -0.2) is 42.6 Å². The first-order valence-electron chi connectivity index (χ1n) is 4.16. The zero-order valence-electron chi connectivity index (χ0n) is 7.30. The maximum atomic E-state index is 2.50. The Morgan fingerprint density at radius 3 is 2.70 bits per heavy atom. The van der Waals surface area contributed by atoms with E-state index in [4.69, 9.17) is 0 Å². The van der Waals surface area contributed by atoms with E-state index in [0.717, 1.165) is 12.7 Å². The van der Waals surface area contributed by atoms with Crippen LogP contribution in [0.1, 0.15) is 20.3 Å². The van der Waals surface area contributed by atoms with E-state index in [1.165, 1.54) is 19.5 Å². The third-order valence-electron chi connectivity index (χ3n) is 2.38. The highest BCUT2D eigenvalue weighted by Crippen LogP contribution is 2.10. The van der Waals surface area contributed by atoms with E-state index in [9.17, 15) is 0 Å². The standard InChI is InChI=1S/C8H18N2/c1-4-10-7-9(3)6-5-8(10)2/h8H,4-7H2,1-3H3. The Bertz CT molecular complexity index is 103. The topological polar surface area (TPSA) is 6.48 Å². The molecule has 0 amide bonds. The molecule has 0 saturated carbocycles. The first kappa shape index (κ1) is 8.02. The third kappa shape index (κ3) is 1.70. The number of nitrogens with zero attached hydrogens (tertiary/aromatic N) is 2. The monoisotopic (exact) mass is 142 g/mol. The van der Waals surface area contributed by atoms with Gasteiger partial charge in [-0.1, -0.05) is 6.92 Å². The van der Waals surface area contributed by atoms with Gasteiger partial charge in [0.05, 0.1) is 6.67 Å². The Kier molecular flexibility index (Phi) is 2.69. The molecule has 0 aromatic carbocycles. The van der Waals surface area contributed by atoms with Crippen molar-refractivity contribution in [3.05, 3.63) is 0 Å². The highest BCUT2D eigenvalue weighted by molar-refractivity contribution is 4.72. The van der Waals surface area contributed by atoms with Crippen LogP contribution < -0.4 is 0 Å². The molecule has 10 heavy (non-hydrogen) atoms. The first-order chi connectivity index (χ1) is 4.74. The maximum absolute atomic E-state index is 2.50. The second-order valence-corrected chi connectivity index (χ2v) is 3.26. The summed E-state index contributed by atoms with van der Waals surface area (Å²) in [4.78, 5) is 4.88. The van der Waals surface area contributed by atoms with E-state index in [0.29, 0.717) is 0 Å². The molecule has 1 unspecified atom stereocenters. The Labute approximate surface area is 63.8 Å². The lowest BCUT2D eigenvalue weighted by Crippen LogP contribution is -2.47. The van der Waals surface area contributed by atoms with E-state index >= 15 is 0 Å². The van der Waals surface area contributed by atoms with Gasteiger partial charge in [0.15, 0.2) is 0 Å². The molecule has 0 bridgehead atoms. The molecule has 1 heterocycles. The van der Waals surface area contributed by atoms with Gasteiger partial charge in [-0.05, 0) is 26.9 Å². The van der Waals surface area contributed by atoms with Crippen molar-refractivity contribution in [2.75, 3.05) is 26.8 Å². The summed E-state index contributed by atoms with van der Waals surface area (Å²) < 4.78 is 0. The van der Waals surface area contributed by atoms with E-state index in [2.05, 4.69) is 30.7 Å². The van der Waals surface area contributed by atoms with Crippen molar-refractivity contribution in [2.24, 2.45) is 0 Å². The van der Waals surface area contributed by atoms with Gasteiger partial charge in [-0.2, -0.15) is 0 Å². The number of rotatable bonds is 1. The molecular formula is C8H18N2. The van der Waals surface area contributed by atoms with E-state index in [1.54, 1.807) is 0 Å². The lowest BCUT2D eigenvalue weighted by Gasteiger charge is -2.37. The molecule has 1 rings (SSSR count). The van der Waals surface area contributed by atoms with Crippen molar-refractivity contribution in [1.29, 1.82) is 0 Å². The lowest BCUT2D eigenvalue weighted by molar-refractivity contribution is 0.0682. The quantitative estimate of drug-likeness (QED) is 0.538. The average Bonchev–Trinajstić information content (AvgIpc) is 1.94. The Morgan fingerprint density at radius 1 is 1.50 bits per heavy atom. The van der Waals surface area contributed by atoms with Crippen molar-refractivity contribution in [2.45, 2.75) is 26.3 Å². The summed E-state index contributed by atoms with van der Waals surface area (Å²) >= 11 is 0. The Morgan fingerprint density at radius 2 is 2.20 bits per heavy atom. The van der Waals surface area contributed by atoms with Crippen LogP contribution in [0.25, 0.3) is 0 Å². The summed E-state index contributed by atoms with van der Waals surface area (Å²) in [5, 5.41) is 0. The zero-order valence-corrected chi connectivity index (χ0v) is 7.30. The molecule has 1 saturated heterocycles. The molecule has 0 aromatic rings. The van der Waals surface area contributed by atoms with Crippen LogP contribution >= 0.6 is 0 Å². The molecule has 0 N–H and O–H groups in total. The highest BCUT2D eigenvalue weighted by Gasteiger charge is 2.18. The van der Waals surface area contributed by atoms with Gasteiger partial charge in [0.2, 0.25) is 0 Å². The van der Waals surface area contributed by atoms with Crippen molar-refractivity contribution in [1.82, 2.24) is 9.80 Å². The fourth-order valence-electron chi connectivity index (χ4n) is 1.52. The van der Waals surface area contributed by atoms with E-state index < -0.39 is 0 Å². The van der Waals surface area contributed by atoms with Crippen molar-refractivity contribution >= 4 is 0 Å². The molecule has 0 spiro atoms. The molecule has 0 aromatic heterocycles. The van der Waals surface area contributed by atoms with Crippen LogP contribution in [0.3, 0.4) is 0 Å². The normalized spacial score (nSPS) is 30.9. The fourth-order valence-corrected chi connectivity index (χ4v) is 1.52. The summed E-state index contributed by atoms with van der Waals surface area (Å²) in [5.41, 5.74) is 0. The van der Waals surface area contributed by atoms with Gasteiger partial charge in [-0.3, -0.25) is 9.80 Å². The van der Waals surface area contributed by atoms with Gasteiger partial charge in [-0.15, -0.1) is 0 Å². The smallest absolute Gasteiger partial charge is 0.0505 e. The maximum Gasteiger partial charge on any atom is 0.0505 e. The second-order valence-electron chi connectivity index (χ2n) is 3.26. The number of hydrogen-bond acceptors (Lipinski definition) is 2. The first-order valence-corrected chi connectivity index (χ1v) is 4.16. The van der Waals surface area contributed by atoms with Gasteiger partial charge in [0.25, 0.3) is 0 Å². The van der Waals surface area contributed by atoms with Gasteiger partial charge >= 0.3 is 0 Å². The van der Waals surface area contributed by atoms with Crippen LogP contribution in [0.2, 0.25) is 0 Å². The lowest BCUT2D eigenvalue weighted by atomic mass is 10.1. The summed E-state index contributed by atoms with van der Waals surface area (Å²) in [6, 6.07) is 0.793. The van der Waals surface area contributed by atoms with Crippen LogP contribution in [0.15, 0.2) is 0 Å². The Balaban J connectivity index is 2.38. The van der Waals surface area contributed by atoms with Gasteiger partial charge in [0.1, 0.15) is 0 Å². The predicted octanol–water partition coefficient (Wildman–Crippen LogP) is 0.990. The molecule has 0 radical (unpaired) electrons. The molecule has 1 atom stereocenters. The summed E-state index contributed by atoms with van der Waals surface area (Å²) in [7, 11) is 2.19. The fraction of sp³-hybridized carbons (Fsp3) is 1.00. The SMILES string of the molecule is CCN1CN(C)CCC1C. The van der Waals surface area contributed by atoms with Gasteiger partial charge in [-0.25, -0.2) is 0 Å². The zero-order chi connectivity index (χ0) is 7.56. The third-order valence-corrected chi connectivity index (χ3v) is 2.38. The average molecular weight is 142 g/mol. The molecule has 2 nitrogen and oxygen atoms in total. The van der Waals surface area contributed by atoms with E-state index in [1.807, 2.05) is 0 Å². The minimum absolute atomic E-state index is 0.793. The molecular weight excluding hydrogens is 124 g/mol.